The summed E-state index contributed by atoms with van der Waals surface area (Å²) in [6.45, 7) is 3.82. The van der Waals surface area contributed by atoms with Gasteiger partial charge in [-0.05, 0) is 32.6 Å². The molecule has 0 aliphatic rings. The normalized spacial score (nSPS) is 11.6. The van der Waals surface area contributed by atoms with Gasteiger partial charge in [-0.1, -0.05) is 50.5 Å². The van der Waals surface area contributed by atoms with Gasteiger partial charge >= 0.3 is 0 Å². The minimum absolute atomic E-state index is 0.325. The minimum atomic E-state index is 0.325. The third-order valence-electron chi connectivity index (χ3n) is 2.52. The van der Waals surface area contributed by atoms with Crippen LogP contribution in [0.2, 0.25) is 0 Å². The first-order valence-corrected chi connectivity index (χ1v) is 6.58. The quantitative estimate of drug-likeness (QED) is 0.382. The maximum atomic E-state index is 10.7. The fourth-order valence-corrected chi connectivity index (χ4v) is 1.56. The van der Waals surface area contributed by atoms with Crippen LogP contribution in [0.3, 0.4) is 0 Å². The van der Waals surface area contributed by atoms with E-state index in [4.69, 9.17) is 0 Å². The van der Waals surface area contributed by atoms with Crippen LogP contribution in [0, 0.1) is 0 Å². The zero-order valence-corrected chi connectivity index (χ0v) is 10.9. The molecule has 0 N–H and O–H groups in total. The summed E-state index contributed by atoms with van der Waals surface area (Å²) in [5.74, 6) is 0.325. The van der Waals surface area contributed by atoms with Crippen LogP contribution in [0.5, 0.6) is 0 Å². The Morgan fingerprint density at radius 2 is 1.56 bits per heavy atom. The predicted molar refractivity (Wildman–Crippen MR) is 71.6 cm³/mol. The van der Waals surface area contributed by atoms with E-state index in [9.17, 15) is 4.79 Å². The number of carbonyl (C=O) groups is 1. The topological polar surface area (TPSA) is 17.1 Å². The summed E-state index contributed by atoms with van der Waals surface area (Å²) in [5, 5.41) is 0. The number of rotatable bonds is 10. The minimum Gasteiger partial charge on any atom is -0.300 e. The number of unbranched alkanes of at least 4 members (excludes halogenated alkanes) is 5. The van der Waals surface area contributed by atoms with Crippen LogP contribution >= 0.6 is 0 Å². The van der Waals surface area contributed by atoms with Gasteiger partial charge in [0.1, 0.15) is 5.78 Å². The Balaban J connectivity index is 3.12. The van der Waals surface area contributed by atoms with Gasteiger partial charge in [-0.15, -0.1) is 0 Å². The van der Waals surface area contributed by atoms with E-state index in [1.165, 1.54) is 32.1 Å². The van der Waals surface area contributed by atoms with Crippen molar-refractivity contribution >= 4 is 5.78 Å². The molecule has 0 unspecified atom stereocenters. The molecule has 1 heteroatoms. The van der Waals surface area contributed by atoms with Gasteiger partial charge in [0.25, 0.3) is 0 Å². The number of allylic oxidation sites excluding steroid dienone is 4. The Kier molecular flexibility index (Phi) is 11.6. The Bertz CT molecular complexity index is 213. The Hall–Kier alpha value is -0.850. The second kappa shape index (κ2) is 12.2. The second-order valence-corrected chi connectivity index (χ2v) is 4.27. The standard InChI is InChI=1S/C15H26O/c1-3-4-5-6-7-8-9-10-11-12-13-14-15(2)16/h4-7H,3,8-14H2,1-2H3/b5-4+,7-6-. The van der Waals surface area contributed by atoms with E-state index in [2.05, 4.69) is 31.2 Å². The average molecular weight is 222 g/mol. The van der Waals surface area contributed by atoms with Gasteiger partial charge in [0.2, 0.25) is 0 Å². The summed E-state index contributed by atoms with van der Waals surface area (Å²) < 4.78 is 0. The molecule has 0 aliphatic carbocycles. The highest BCUT2D eigenvalue weighted by Gasteiger charge is 1.93. The van der Waals surface area contributed by atoms with Crippen molar-refractivity contribution in [2.45, 2.75) is 65.2 Å². The molecule has 0 saturated heterocycles. The lowest BCUT2D eigenvalue weighted by molar-refractivity contribution is -0.117. The molecule has 0 heterocycles. The van der Waals surface area contributed by atoms with Gasteiger partial charge in [-0.25, -0.2) is 0 Å². The first kappa shape index (κ1) is 15.2. The summed E-state index contributed by atoms with van der Waals surface area (Å²) in [7, 11) is 0. The van der Waals surface area contributed by atoms with Crippen molar-refractivity contribution in [1.29, 1.82) is 0 Å². The van der Waals surface area contributed by atoms with Gasteiger partial charge in [-0.2, -0.15) is 0 Å². The molecule has 0 amide bonds. The second-order valence-electron chi connectivity index (χ2n) is 4.27. The molecule has 0 atom stereocenters. The number of hydrogen-bond donors (Lipinski definition) is 0. The first-order chi connectivity index (χ1) is 7.77. The largest absolute Gasteiger partial charge is 0.300 e. The Labute approximate surface area is 101 Å². The van der Waals surface area contributed by atoms with Crippen molar-refractivity contribution in [3.8, 4) is 0 Å². The molecule has 0 aromatic rings. The molecule has 0 aromatic carbocycles. The smallest absolute Gasteiger partial charge is 0.129 e. The molecule has 16 heavy (non-hydrogen) atoms. The summed E-state index contributed by atoms with van der Waals surface area (Å²) in [5.41, 5.74) is 0. The first-order valence-electron chi connectivity index (χ1n) is 6.58. The average Bonchev–Trinajstić information content (AvgIpc) is 2.25. The fourth-order valence-electron chi connectivity index (χ4n) is 1.56. The van der Waals surface area contributed by atoms with E-state index in [0.717, 1.165) is 19.3 Å². The van der Waals surface area contributed by atoms with Crippen molar-refractivity contribution < 1.29 is 4.79 Å². The maximum Gasteiger partial charge on any atom is 0.129 e. The van der Waals surface area contributed by atoms with Crippen molar-refractivity contribution in [1.82, 2.24) is 0 Å². The van der Waals surface area contributed by atoms with Crippen molar-refractivity contribution in [2.75, 3.05) is 0 Å². The lowest BCUT2D eigenvalue weighted by atomic mass is 10.1. The summed E-state index contributed by atoms with van der Waals surface area (Å²) in [6.07, 6.45) is 17.8. The third-order valence-corrected chi connectivity index (χ3v) is 2.52. The molecule has 0 aromatic heterocycles. The predicted octanol–water partition coefficient (Wildman–Crippen LogP) is 4.83. The molecule has 0 spiro atoms. The summed E-state index contributed by atoms with van der Waals surface area (Å²) >= 11 is 0. The zero-order valence-electron chi connectivity index (χ0n) is 10.9. The summed E-state index contributed by atoms with van der Waals surface area (Å²) in [4.78, 5) is 10.7. The SMILES string of the molecule is CC/C=C/C=C\CCCCCCCC(C)=O. The molecule has 0 radical (unpaired) electrons. The molecule has 0 rings (SSSR count). The van der Waals surface area contributed by atoms with Gasteiger partial charge in [0.05, 0.1) is 0 Å². The van der Waals surface area contributed by atoms with Crippen LogP contribution in [0.1, 0.15) is 65.2 Å². The molecule has 0 saturated carbocycles. The molecule has 0 aliphatic heterocycles. The molecular weight excluding hydrogens is 196 g/mol. The highest BCUT2D eigenvalue weighted by atomic mass is 16.1. The molecule has 92 valence electrons. The van der Waals surface area contributed by atoms with Crippen molar-refractivity contribution in [2.24, 2.45) is 0 Å². The van der Waals surface area contributed by atoms with Crippen LogP contribution < -0.4 is 0 Å². The van der Waals surface area contributed by atoms with Crippen LogP contribution in [-0.4, -0.2) is 5.78 Å². The molecule has 0 fully saturated rings. The van der Waals surface area contributed by atoms with Gasteiger partial charge in [0, 0.05) is 6.42 Å². The van der Waals surface area contributed by atoms with Gasteiger partial charge in [-0.3, -0.25) is 0 Å². The Morgan fingerprint density at radius 3 is 2.25 bits per heavy atom. The number of carbonyl (C=O) groups excluding carboxylic acids is 1. The molecular formula is C15H26O. The van der Waals surface area contributed by atoms with Crippen LogP contribution in [0.15, 0.2) is 24.3 Å². The molecule has 0 bridgehead atoms. The van der Waals surface area contributed by atoms with E-state index < -0.39 is 0 Å². The highest BCUT2D eigenvalue weighted by Crippen LogP contribution is 2.07. The van der Waals surface area contributed by atoms with Gasteiger partial charge < -0.3 is 4.79 Å². The van der Waals surface area contributed by atoms with Crippen LogP contribution in [-0.2, 0) is 4.79 Å². The van der Waals surface area contributed by atoms with Crippen LogP contribution in [0.25, 0.3) is 0 Å². The molecule has 1 nitrogen and oxygen atoms in total. The van der Waals surface area contributed by atoms with Crippen molar-refractivity contribution in [3.63, 3.8) is 0 Å². The fraction of sp³-hybridized carbons (Fsp3) is 0.667. The van der Waals surface area contributed by atoms with E-state index in [1.54, 1.807) is 6.92 Å². The monoisotopic (exact) mass is 222 g/mol. The highest BCUT2D eigenvalue weighted by molar-refractivity contribution is 5.75. The van der Waals surface area contributed by atoms with E-state index in [1.807, 2.05) is 0 Å². The number of Topliss-reactive ketones (excluding diaryl/α,β-unsaturated/α-hetero) is 1. The Morgan fingerprint density at radius 1 is 0.938 bits per heavy atom. The van der Waals surface area contributed by atoms with Crippen molar-refractivity contribution in [3.05, 3.63) is 24.3 Å². The lowest BCUT2D eigenvalue weighted by Gasteiger charge is -1.98. The van der Waals surface area contributed by atoms with E-state index >= 15 is 0 Å². The number of hydrogen-bond acceptors (Lipinski definition) is 1. The maximum absolute atomic E-state index is 10.7. The van der Waals surface area contributed by atoms with Crippen LogP contribution in [0.4, 0.5) is 0 Å². The summed E-state index contributed by atoms with van der Waals surface area (Å²) in [6, 6.07) is 0. The number of ketones is 1. The van der Waals surface area contributed by atoms with E-state index in [-0.39, 0.29) is 0 Å². The zero-order chi connectivity index (χ0) is 12.1. The van der Waals surface area contributed by atoms with E-state index in [0.29, 0.717) is 5.78 Å². The third kappa shape index (κ3) is 13.2. The lowest BCUT2D eigenvalue weighted by Crippen LogP contribution is -1.89. The van der Waals surface area contributed by atoms with Gasteiger partial charge in [0.15, 0.2) is 0 Å².